The molecule has 2 heterocycles. The van der Waals surface area contributed by atoms with Gasteiger partial charge >= 0.3 is 11.7 Å². The van der Waals surface area contributed by atoms with Gasteiger partial charge in [0.2, 0.25) is 0 Å². The van der Waals surface area contributed by atoms with Crippen LogP contribution in [0.2, 0.25) is 0 Å². The van der Waals surface area contributed by atoms with Crippen molar-refractivity contribution >= 4 is 23.0 Å². The highest BCUT2D eigenvalue weighted by Gasteiger charge is 2.21. The first kappa shape index (κ1) is 22.0. The zero-order valence-corrected chi connectivity index (χ0v) is 17.9. The van der Waals surface area contributed by atoms with Gasteiger partial charge in [0.25, 0.3) is 11.5 Å². The standard InChI is InChI=1S/C21H25N5O5/c1-13(15-8-6-5-7-9-15)23-19(28)14(2)31-16(27)10-11-26-12-22-18-17(26)20(29)25(4)21(30)24(18)3/h5-9,12-14H,10-11H2,1-4H3,(H,23,28). The number of nitrogens with zero attached hydrogens (tertiary/aromatic N) is 4. The van der Waals surface area contributed by atoms with E-state index >= 15 is 0 Å². The number of ether oxygens (including phenoxy) is 1. The third-order valence-electron chi connectivity index (χ3n) is 5.11. The molecule has 1 aromatic carbocycles. The second-order valence-electron chi connectivity index (χ2n) is 7.34. The van der Waals surface area contributed by atoms with Gasteiger partial charge in [-0.15, -0.1) is 0 Å². The fourth-order valence-corrected chi connectivity index (χ4v) is 3.24. The molecule has 0 fully saturated rings. The highest BCUT2D eigenvalue weighted by atomic mass is 16.5. The Morgan fingerprint density at radius 3 is 2.45 bits per heavy atom. The van der Waals surface area contributed by atoms with Gasteiger partial charge in [0.05, 0.1) is 18.8 Å². The van der Waals surface area contributed by atoms with Crippen LogP contribution < -0.4 is 16.6 Å². The lowest BCUT2D eigenvalue weighted by Crippen LogP contribution is -2.38. The van der Waals surface area contributed by atoms with Crippen molar-refractivity contribution in [2.45, 2.75) is 39.0 Å². The number of nitrogens with one attached hydrogen (secondary N) is 1. The van der Waals surface area contributed by atoms with Crippen LogP contribution in [0.25, 0.3) is 11.2 Å². The van der Waals surface area contributed by atoms with Crippen LogP contribution in [-0.4, -0.2) is 36.7 Å². The summed E-state index contributed by atoms with van der Waals surface area (Å²) in [6.45, 7) is 3.47. The molecule has 2 atom stereocenters. The first-order valence-electron chi connectivity index (χ1n) is 9.86. The fourth-order valence-electron chi connectivity index (χ4n) is 3.24. The van der Waals surface area contributed by atoms with E-state index in [1.54, 1.807) is 0 Å². The fraction of sp³-hybridized carbons (Fsp3) is 0.381. The number of hydrogen-bond donors (Lipinski definition) is 1. The van der Waals surface area contributed by atoms with Gasteiger partial charge in [0, 0.05) is 20.6 Å². The molecule has 164 valence electrons. The molecule has 10 nitrogen and oxygen atoms in total. The first-order valence-corrected chi connectivity index (χ1v) is 9.86. The number of imidazole rings is 1. The Morgan fingerprint density at radius 1 is 1.10 bits per heavy atom. The van der Waals surface area contributed by atoms with Crippen LogP contribution >= 0.6 is 0 Å². The number of rotatable bonds is 7. The molecular weight excluding hydrogens is 402 g/mol. The van der Waals surface area contributed by atoms with Gasteiger partial charge in [-0.2, -0.15) is 0 Å². The van der Waals surface area contributed by atoms with Gasteiger partial charge in [0.15, 0.2) is 17.3 Å². The molecule has 3 aromatic rings. The van der Waals surface area contributed by atoms with Crippen molar-refractivity contribution < 1.29 is 14.3 Å². The Hall–Kier alpha value is -3.69. The van der Waals surface area contributed by atoms with Crippen LogP contribution in [0.4, 0.5) is 0 Å². The molecule has 31 heavy (non-hydrogen) atoms. The average molecular weight is 427 g/mol. The normalized spacial score (nSPS) is 13.0. The molecule has 0 radical (unpaired) electrons. The summed E-state index contributed by atoms with van der Waals surface area (Å²) in [6, 6.07) is 9.23. The Kier molecular flexibility index (Phi) is 6.38. The van der Waals surface area contributed by atoms with Crippen molar-refractivity contribution in [2.75, 3.05) is 0 Å². The monoisotopic (exact) mass is 427 g/mol. The first-order chi connectivity index (χ1) is 14.7. The highest BCUT2D eigenvalue weighted by Crippen LogP contribution is 2.12. The van der Waals surface area contributed by atoms with E-state index < -0.39 is 29.2 Å². The molecule has 0 saturated carbocycles. The van der Waals surface area contributed by atoms with Crippen molar-refractivity contribution in [3.63, 3.8) is 0 Å². The molecule has 0 spiro atoms. The van der Waals surface area contributed by atoms with Crippen LogP contribution in [0, 0.1) is 0 Å². The topological polar surface area (TPSA) is 117 Å². The van der Waals surface area contributed by atoms with Crippen LogP contribution in [0.3, 0.4) is 0 Å². The van der Waals surface area contributed by atoms with Crippen molar-refractivity contribution in [2.24, 2.45) is 14.1 Å². The SMILES string of the molecule is CC(OC(=O)CCn1cnc2c1c(=O)n(C)c(=O)n2C)C(=O)NC(C)c1ccccc1. The highest BCUT2D eigenvalue weighted by molar-refractivity contribution is 5.83. The number of hydrogen-bond acceptors (Lipinski definition) is 6. The summed E-state index contributed by atoms with van der Waals surface area (Å²) in [5, 5.41) is 2.81. The summed E-state index contributed by atoms with van der Waals surface area (Å²) in [6.07, 6.45) is 0.367. The number of carbonyl (C=O) groups is 2. The van der Waals surface area contributed by atoms with E-state index in [1.807, 2.05) is 37.3 Å². The lowest BCUT2D eigenvalue weighted by atomic mass is 10.1. The molecule has 1 amide bonds. The Bertz CT molecular complexity index is 1220. The van der Waals surface area contributed by atoms with Gasteiger partial charge in [-0.05, 0) is 19.4 Å². The summed E-state index contributed by atoms with van der Waals surface area (Å²) in [7, 11) is 2.90. The largest absolute Gasteiger partial charge is 0.452 e. The molecular formula is C21H25N5O5. The van der Waals surface area contributed by atoms with Gasteiger partial charge in [-0.3, -0.25) is 23.5 Å². The molecule has 0 aliphatic rings. The zero-order chi connectivity index (χ0) is 22.7. The van der Waals surface area contributed by atoms with Crippen LogP contribution in [0.1, 0.15) is 31.9 Å². The summed E-state index contributed by atoms with van der Waals surface area (Å²) < 4.78 is 8.99. The van der Waals surface area contributed by atoms with E-state index in [0.29, 0.717) is 0 Å². The molecule has 3 rings (SSSR count). The number of aromatic nitrogens is 4. The van der Waals surface area contributed by atoms with Crippen molar-refractivity contribution in [3.8, 4) is 0 Å². The van der Waals surface area contributed by atoms with E-state index in [4.69, 9.17) is 4.74 Å². The number of amides is 1. The second kappa shape index (κ2) is 8.99. The van der Waals surface area contributed by atoms with Gasteiger partial charge in [0.1, 0.15) is 0 Å². The number of aryl methyl sites for hydroxylation is 2. The smallest absolute Gasteiger partial charge is 0.332 e. The molecule has 0 aliphatic carbocycles. The maximum atomic E-state index is 12.4. The Morgan fingerprint density at radius 2 is 1.77 bits per heavy atom. The maximum absolute atomic E-state index is 12.4. The summed E-state index contributed by atoms with van der Waals surface area (Å²) in [5.41, 5.74) is 0.430. The van der Waals surface area contributed by atoms with E-state index in [9.17, 15) is 19.2 Å². The third-order valence-corrected chi connectivity index (χ3v) is 5.11. The van der Waals surface area contributed by atoms with E-state index in [0.717, 1.165) is 10.1 Å². The van der Waals surface area contributed by atoms with Gasteiger partial charge < -0.3 is 14.6 Å². The maximum Gasteiger partial charge on any atom is 0.332 e. The van der Waals surface area contributed by atoms with Crippen molar-refractivity contribution in [1.29, 1.82) is 0 Å². The van der Waals surface area contributed by atoms with E-state index in [1.165, 1.54) is 36.5 Å². The van der Waals surface area contributed by atoms with E-state index in [-0.39, 0.29) is 30.2 Å². The zero-order valence-electron chi connectivity index (χ0n) is 17.9. The summed E-state index contributed by atoms with van der Waals surface area (Å²) in [4.78, 5) is 53.1. The van der Waals surface area contributed by atoms with Crippen LogP contribution in [-0.2, 0) is 35.0 Å². The third kappa shape index (κ3) is 4.57. The minimum atomic E-state index is -0.966. The lowest BCUT2D eigenvalue weighted by Gasteiger charge is -2.18. The van der Waals surface area contributed by atoms with Gasteiger partial charge in [-0.25, -0.2) is 9.78 Å². The number of fused-ring (bicyclic) bond motifs is 1. The molecule has 10 heteroatoms. The van der Waals surface area contributed by atoms with Crippen LogP contribution in [0.5, 0.6) is 0 Å². The number of esters is 1. The van der Waals surface area contributed by atoms with Crippen molar-refractivity contribution in [3.05, 3.63) is 63.1 Å². The molecule has 0 saturated heterocycles. The predicted molar refractivity (Wildman–Crippen MR) is 113 cm³/mol. The Balaban J connectivity index is 1.61. The summed E-state index contributed by atoms with van der Waals surface area (Å²) in [5.74, 6) is -0.986. The van der Waals surface area contributed by atoms with E-state index in [2.05, 4.69) is 10.3 Å². The number of benzene rings is 1. The van der Waals surface area contributed by atoms with Crippen molar-refractivity contribution in [1.82, 2.24) is 24.0 Å². The molecule has 0 bridgehead atoms. The van der Waals surface area contributed by atoms with Crippen LogP contribution in [0.15, 0.2) is 46.2 Å². The molecule has 2 aromatic heterocycles. The van der Waals surface area contributed by atoms with Gasteiger partial charge in [-0.1, -0.05) is 30.3 Å². The lowest BCUT2D eigenvalue weighted by molar-refractivity contribution is -0.155. The molecule has 2 unspecified atom stereocenters. The quantitative estimate of drug-likeness (QED) is 0.553. The minimum Gasteiger partial charge on any atom is -0.452 e. The average Bonchev–Trinajstić information content (AvgIpc) is 3.19. The molecule has 0 aliphatic heterocycles. The number of carbonyl (C=O) groups excluding carboxylic acids is 2. The second-order valence-corrected chi connectivity index (χ2v) is 7.34. The predicted octanol–water partition coefficient (Wildman–Crippen LogP) is 0.633. The minimum absolute atomic E-state index is 0.0662. The molecule has 1 N–H and O–H groups in total. The Labute approximate surface area is 178 Å². The summed E-state index contributed by atoms with van der Waals surface area (Å²) >= 11 is 0.